The molecule has 0 aromatic heterocycles. The average Bonchev–Trinajstić information content (AvgIpc) is 3.35. The van der Waals surface area contributed by atoms with Crippen molar-refractivity contribution in [2.75, 3.05) is 0 Å². The number of rotatable bonds is 1. The van der Waals surface area contributed by atoms with E-state index in [4.69, 9.17) is 0 Å². The molecule has 0 heterocycles. The lowest BCUT2D eigenvalue weighted by Gasteiger charge is -2.18. The molecule has 8 aromatic rings. The number of hydrogen-bond acceptors (Lipinski definition) is 0. The van der Waals surface area contributed by atoms with Crippen LogP contribution in [0.15, 0.2) is 121 Å². The standard InChI is InChI=1S/C41H28/c1-24-11-13-35-33(15-24)19-34-18-30(12-14-36(34)35)41-39-21-29-10-6-5-9-28(29)20-37(39)25(2)38-22-31-16-26-7-3-4-8-27(26)17-32(31)23-40(38)41/h3-18,20-23H,19H2,1-2H3. The van der Waals surface area contributed by atoms with Crippen LogP contribution in [-0.2, 0) is 6.42 Å². The van der Waals surface area contributed by atoms with Crippen molar-refractivity contribution in [3.8, 4) is 22.3 Å². The van der Waals surface area contributed by atoms with Gasteiger partial charge >= 0.3 is 0 Å². The van der Waals surface area contributed by atoms with Gasteiger partial charge in [0, 0.05) is 0 Å². The molecule has 9 rings (SSSR count). The van der Waals surface area contributed by atoms with Gasteiger partial charge in [-0.15, -0.1) is 0 Å². The van der Waals surface area contributed by atoms with E-state index in [-0.39, 0.29) is 0 Å². The highest BCUT2D eigenvalue weighted by molar-refractivity contribution is 6.20. The average molecular weight is 521 g/mol. The Kier molecular flexibility index (Phi) is 4.61. The van der Waals surface area contributed by atoms with E-state index < -0.39 is 0 Å². The normalized spacial score (nSPS) is 12.5. The van der Waals surface area contributed by atoms with Crippen molar-refractivity contribution in [3.05, 3.63) is 144 Å². The molecule has 8 aromatic carbocycles. The number of benzene rings is 8. The lowest BCUT2D eigenvalue weighted by Crippen LogP contribution is -1.92. The van der Waals surface area contributed by atoms with Crippen molar-refractivity contribution in [1.82, 2.24) is 0 Å². The van der Waals surface area contributed by atoms with Crippen LogP contribution in [0.25, 0.3) is 76.1 Å². The Labute approximate surface area is 239 Å². The second-order valence-corrected chi connectivity index (χ2v) is 11.9. The summed E-state index contributed by atoms with van der Waals surface area (Å²) in [5, 5.41) is 13.1. The maximum Gasteiger partial charge on any atom is -0.00131 e. The van der Waals surface area contributed by atoms with Crippen LogP contribution in [0.4, 0.5) is 0 Å². The van der Waals surface area contributed by atoms with Crippen LogP contribution in [0.5, 0.6) is 0 Å². The van der Waals surface area contributed by atoms with Gasteiger partial charge in [-0.2, -0.15) is 0 Å². The quantitative estimate of drug-likeness (QED) is 0.189. The summed E-state index contributed by atoms with van der Waals surface area (Å²) >= 11 is 0. The Morgan fingerprint density at radius 2 is 0.902 bits per heavy atom. The first-order valence-electron chi connectivity index (χ1n) is 14.6. The minimum Gasteiger partial charge on any atom is -0.0616 e. The van der Waals surface area contributed by atoms with E-state index in [1.54, 1.807) is 0 Å². The first-order chi connectivity index (χ1) is 20.1. The maximum absolute atomic E-state index is 2.47. The molecule has 1 aliphatic rings. The lowest BCUT2D eigenvalue weighted by atomic mass is 9.85. The van der Waals surface area contributed by atoms with Crippen LogP contribution in [0.2, 0.25) is 0 Å². The lowest BCUT2D eigenvalue weighted by molar-refractivity contribution is 1.25. The molecule has 0 amide bonds. The Bertz CT molecular complexity index is 2400. The summed E-state index contributed by atoms with van der Waals surface area (Å²) in [7, 11) is 0. The third-order valence-corrected chi connectivity index (χ3v) is 9.40. The second-order valence-electron chi connectivity index (χ2n) is 11.9. The first kappa shape index (κ1) is 22.8. The molecule has 0 saturated carbocycles. The summed E-state index contributed by atoms with van der Waals surface area (Å²) in [6.07, 6.45) is 1.000. The molecule has 0 N–H and O–H groups in total. The SMILES string of the molecule is Cc1ccc2c(c1)Cc1cc(-c3c4cc5ccccc5cc4c(C)c4cc5cc6ccccc6cc5cc34)ccc1-2. The molecule has 0 nitrogen and oxygen atoms in total. The van der Waals surface area contributed by atoms with E-state index in [9.17, 15) is 0 Å². The highest BCUT2D eigenvalue weighted by Gasteiger charge is 2.21. The third kappa shape index (κ3) is 3.34. The first-order valence-corrected chi connectivity index (χ1v) is 14.6. The van der Waals surface area contributed by atoms with Crippen molar-refractivity contribution in [2.45, 2.75) is 20.3 Å². The summed E-state index contributed by atoms with van der Waals surface area (Å²) < 4.78 is 0. The van der Waals surface area contributed by atoms with Gasteiger partial charge in [0.1, 0.15) is 0 Å². The molecule has 0 unspecified atom stereocenters. The summed E-state index contributed by atoms with van der Waals surface area (Å²) in [6, 6.07) is 45.9. The summed E-state index contributed by atoms with van der Waals surface area (Å²) in [4.78, 5) is 0. The minimum atomic E-state index is 1.000. The molecule has 0 fully saturated rings. The molecule has 1 aliphatic carbocycles. The zero-order chi connectivity index (χ0) is 27.2. The van der Waals surface area contributed by atoms with Crippen molar-refractivity contribution in [1.29, 1.82) is 0 Å². The van der Waals surface area contributed by atoms with E-state index in [0.717, 1.165) is 6.42 Å². The molecule has 0 heteroatoms. The smallest absolute Gasteiger partial charge is 0.00131 e. The van der Waals surface area contributed by atoms with Crippen LogP contribution in [0, 0.1) is 13.8 Å². The summed E-state index contributed by atoms with van der Waals surface area (Å²) in [5.41, 5.74) is 11.0. The molecule has 0 atom stereocenters. The molecular formula is C41H28. The summed E-state index contributed by atoms with van der Waals surface area (Å²) in [5.74, 6) is 0. The highest BCUT2D eigenvalue weighted by Crippen LogP contribution is 2.45. The van der Waals surface area contributed by atoms with Crippen molar-refractivity contribution in [2.24, 2.45) is 0 Å². The van der Waals surface area contributed by atoms with Gasteiger partial charge in [0.15, 0.2) is 0 Å². The third-order valence-electron chi connectivity index (χ3n) is 9.40. The Hall–Kier alpha value is -4.94. The molecule has 0 aliphatic heterocycles. The van der Waals surface area contributed by atoms with Crippen molar-refractivity contribution >= 4 is 53.9 Å². The van der Waals surface area contributed by atoms with Gasteiger partial charge in [-0.3, -0.25) is 0 Å². The number of aryl methyl sites for hydroxylation is 2. The van der Waals surface area contributed by atoms with Gasteiger partial charge < -0.3 is 0 Å². The van der Waals surface area contributed by atoms with E-state index in [2.05, 4.69) is 135 Å². The van der Waals surface area contributed by atoms with Gasteiger partial charge in [-0.1, -0.05) is 90.5 Å². The predicted octanol–water partition coefficient (Wildman–Crippen LogP) is 11.3. The fourth-order valence-corrected chi connectivity index (χ4v) is 7.36. The van der Waals surface area contributed by atoms with E-state index in [1.807, 2.05) is 0 Å². The molecule has 0 spiro atoms. The zero-order valence-electron chi connectivity index (χ0n) is 23.3. The molecule has 41 heavy (non-hydrogen) atoms. The Balaban J connectivity index is 1.40. The summed E-state index contributed by atoms with van der Waals surface area (Å²) in [6.45, 7) is 4.49. The molecule has 0 saturated heterocycles. The monoisotopic (exact) mass is 520 g/mol. The van der Waals surface area contributed by atoms with E-state index >= 15 is 0 Å². The molecule has 0 radical (unpaired) electrons. The fourth-order valence-electron chi connectivity index (χ4n) is 7.36. The Morgan fingerprint density at radius 1 is 0.415 bits per heavy atom. The Morgan fingerprint density at radius 3 is 1.54 bits per heavy atom. The van der Waals surface area contributed by atoms with Crippen molar-refractivity contribution in [3.63, 3.8) is 0 Å². The van der Waals surface area contributed by atoms with E-state index in [0.29, 0.717) is 0 Å². The van der Waals surface area contributed by atoms with Gasteiger partial charge in [-0.05, 0) is 149 Å². The van der Waals surface area contributed by atoms with Gasteiger partial charge in [0.05, 0.1) is 0 Å². The molecular weight excluding hydrogens is 492 g/mol. The minimum absolute atomic E-state index is 1.000. The number of hydrogen-bond donors (Lipinski definition) is 0. The van der Waals surface area contributed by atoms with Gasteiger partial charge in [-0.25, -0.2) is 0 Å². The molecule has 192 valence electrons. The van der Waals surface area contributed by atoms with Crippen molar-refractivity contribution < 1.29 is 0 Å². The predicted molar refractivity (Wildman–Crippen MR) is 177 cm³/mol. The van der Waals surface area contributed by atoms with Crippen LogP contribution < -0.4 is 0 Å². The highest BCUT2D eigenvalue weighted by atomic mass is 14.2. The van der Waals surface area contributed by atoms with Gasteiger partial charge in [0.2, 0.25) is 0 Å². The largest absolute Gasteiger partial charge is 0.0616 e. The molecule has 0 bridgehead atoms. The van der Waals surface area contributed by atoms with Crippen LogP contribution in [0.3, 0.4) is 0 Å². The second kappa shape index (κ2) is 8.29. The van der Waals surface area contributed by atoms with Crippen LogP contribution >= 0.6 is 0 Å². The zero-order valence-corrected chi connectivity index (χ0v) is 23.3. The number of fused-ring (bicyclic) bond motifs is 8. The van der Waals surface area contributed by atoms with Gasteiger partial charge in [0.25, 0.3) is 0 Å². The fraction of sp³-hybridized carbons (Fsp3) is 0.0732. The maximum atomic E-state index is 2.47. The topological polar surface area (TPSA) is 0 Å². The van der Waals surface area contributed by atoms with E-state index in [1.165, 1.54) is 98.4 Å². The van der Waals surface area contributed by atoms with Crippen LogP contribution in [0.1, 0.15) is 22.3 Å². The van der Waals surface area contributed by atoms with Crippen LogP contribution in [-0.4, -0.2) is 0 Å².